The molecular weight excluding hydrogens is 172 g/mol. The zero-order chi connectivity index (χ0) is 10.1. The van der Waals surface area contributed by atoms with Gasteiger partial charge in [0.1, 0.15) is 6.29 Å². The summed E-state index contributed by atoms with van der Waals surface area (Å²) < 4.78 is 0. The third-order valence-electron chi connectivity index (χ3n) is 2.34. The Bertz CT molecular complexity index is 246. The van der Waals surface area contributed by atoms with Gasteiger partial charge in [-0.25, -0.2) is 0 Å². The Balaban J connectivity index is 2.51. The van der Waals surface area contributed by atoms with Gasteiger partial charge >= 0.3 is 0 Å². The van der Waals surface area contributed by atoms with Crippen LogP contribution < -0.4 is 0 Å². The normalized spacial score (nSPS) is 27.6. The minimum Gasteiger partial charge on any atom is -0.298 e. The Morgan fingerprint density at radius 2 is 1.71 bits per heavy atom. The Hall–Kier alpha value is -1.11. The molecular formula is C13H18O. The fourth-order valence-electron chi connectivity index (χ4n) is 1.49. The summed E-state index contributed by atoms with van der Waals surface area (Å²) in [6.45, 7) is 0. The lowest BCUT2D eigenvalue weighted by atomic mass is 10.1. The number of carbonyl (C=O) groups is 1. The molecule has 0 aromatic rings. The number of hydrogen-bond acceptors (Lipinski definition) is 1. The second-order valence-electron chi connectivity index (χ2n) is 3.54. The Morgan fingerprint density at radius 1 is 1.00 bits per heavy atom. The lowest BCUT2D eigenvalue weighted by molar-refractivity contribution is -0.105. The van der Waals surface area contributed by atoms with Crippen molar-refractivity contribution in [2.24, 2.45) is 0 Å². The summed E-state index contributed by atoms with van der Waals surface area (Å²) in [4.78, 5) is 10.7. The van der Waals surface area contributed by atoms with Crippen molar-refractivity contribution in [2.75, 3.05) is 0 Å². The van der Waals surface area contributed by atoms with Crippen molar-refractivity contribution in [3.8, 4) is 0 Å². The average molecular weight is 190 g/mol. The molecule has 1 heteroatoms. The Kier molecular flexibility index (Phi) is 5.73. The van der Waals surface area contributed by atoms with Gasteiger partial charge in [0.05, 0.1) is 0 Å². The Labute approximate surface area is 86.2 Å². The molecule has 0 unspecified atom stereocenters. The number of aldehydes is 1. The molecule has 1 aliphatic rings. The van der Waals surface area contributed by atoms with Gasteiger partial charge in [0.25, 0.3) is 0 Å². The van der Waals surface area contributed by atoms with Crippen LogP contribution >= 0.6 is 0 Å². The first kappa shape index (κ1) is 11.0. The smallest absolute Gasteiger partial charge is 0.145 e. The number of rotatable bonds is 1. The van der Waals surface area contributed by atoms with E-state index in [0.29, 0.717) is 0 Å². The van der Waals surface area contributed by atoms with Crippen LogP contribution in [-0.2, 0) is 4.79 Å². The summed E-state index contributed by atoms with van der Waals surface area (Å²) in [5, 5.41) is 0. The quantitative estimate of drug-likeness (QED) is 0.456. The first-order valence-electron chi connectivity index (χ1n) is 5.37. The van der Waals surface area contributed by atoms with Crippen LogP contribution in [0.4, 0.5) is 0 Å². The van der Waals surface area contributed by atoms with Gasteiger partial charge < -0.3 is 0 Å². The highest BCUT2D eigenvalue weighted by atomic mass is 16.1. The van der Waals surface area contributed by atoms with E-state index in [1.54, 1.807) is 0 Å². The zero-order valence-corrected chi connectivity index (χ0v) is 8.61. The van der Waals surface area contributed by atoms with Crippen LogP contribution in [0, 0.1) is 0 Å². The maximum atomic E-state index is 10.7. The highest BCUT2D eigenvalue weighted by molar-refractivity contribution is 5.72. The van der Waals surface area contributed by atoms with E-state index < -0.39 is 0 Å². The molecule has 1 aliphatic carbocycles. The second-order valence-corrected chi connectivity index (χ2v) is 3.54. The summed E-state index contributed by atoms with van der Waals surface area (Å²) in [6.07, 6.45) is 18.1. The first-order valence-corrected chi connectivity index (χ1v) is 5.37. The van der Waals surface area contributed by atoms with Crippen molar-refractivity contribution < 1.29 is 4.79 Å². The largest absolute Gasteiger partial charge is 0.298 e. The summed E-state index contributed by atoms with van der Waals surface area (Å²) in [6, 6.07) is 0. The summed E-state index contributed by atoms with van der Waals surface area (Å²) in [7, 11) is 0. The van der Waals surface area contributed by atoms with E-state index in [9.17, 15) is 4.79 Å². The highest BCUT2D eigenvalue weighted by Crippen LogP contribution is 2.09. The van der Waals surface area contributed by atoms with Crippen molar-refractivity contribution >= 4 is 6.29 Å². The van der Waals surface area contributed by atoms with Crippen LogP contribution in [0.25, 0.3) is 0 Å². The molecule has 0 aromatic carbocycles. The molecule has 0 bridgehead atoms. The number of carbonyl (C=O) groups excluding carboxylic acids is 1. The van der Waals surface area contributed by atoms with Crippen molar-refractivity contribution in [1.29, 1.82) is 0 Å². The fraction of sp³-hybridized carbons (Fsp3) is 0.462. The third kappa shape index (κ3) is 4.80. The molecule has 0 heterocycles. The molecule has 76 valence electrons. The van der Waals surface area contributed by atoms with Gasteiger partial charge in [-0.1, -0.05) is 30.4 Å². The lowest BCUT2D eigenvalue weighted by Crippen LogP contribution is -1.85. The van der Waals surface area contributed by atoms with E-state index in [1.807, 2.05) is 6.08 Å². The van der Waals surface area contributed by atoms with E-state index in [0.717, 1.165) is 50.4 Å². The fourth-order valence-corrected chi connectivity index (χ4v) is 1.49. The van der Waals surface area contributed by atoms with Gasteiger partial charge in [0.15, 0.2) is 0 Å². The average Bonchev–Trinajstić information content (AvgIpc) is 2.19. The van der Waals surface area contributed by atoms with Crippen LogP contribution in [0.3, 0.4) is 0 Å². The van der Waals surface area contributed by atoms with Crippen LogP contribution in [-0.4, -0.2) is 6.29 Å². The number of hydrogen-bond donors (Lipinski definition) is 0. The molecule has 0 radical (unpaired) electrons. The van der Waals surface area contributed by atoms with Crippen LogP contribution in [0.2, 0.25) is 0 Å². The molecule has 0 amide bonds. The minimum atomic E-state index is 0.901. The summed E-state index contributed by atoms with van der Waals surface area (Å²) >= 11 is 0. The van der Waals surface area contributed by atoms with E-state index >= 15 is 0 Å². The lowest BCUT2D eigenvalue weighted by Gasteiger charge is -1.98. The van der Waals surface area contributed by atoms with Gasteiger partial charge in [-0.15, -0.1) is 0 Å². The SMILES string of the molecule is O=C/C1=C\C/C=C\CC/C=C\CCC1. The molecule has 0 fully saturated rings. The van der Waals surface area contributed by atoms with Crippen LogP contribution in [0.1, 0.15) is 38.5 Å². The molecule has 0 spiro atoms. The van der Waals surface area contributed by atoms with E-state index in [1.165, 1.54) is 0 Å². The van der Waals surface area contributed by atoms with E-state index in [-0.39, 0.29) is 0 Å². The molecule has 0 saturated heterocycles. The highest BCUT2D eigenvalue weighted by Gasteiger charge is 1.94. The van der Waals surface area contributed by atoms with Crippen molar-refractivity contribution in [1.82, 2.24) is 0 Å². The van der Waals surface area contributed by atoms with Crippen LogP contribution in [0.5, 0.6) is 0 Å². The molecule has 0 saturated carbocycles. The molecule has 0 atom stereocenters. The van der Waals surface area contributed by atoms with E-state index in [2.05, 4.69) is 24.3 Å². The molecule has 0 N–H and O–H groups in total. The summed E-state index contributed by atoms with van der Waals surface area (Å²) in [5.74, 6) is 0. The predicted molar refractivity (Wildman–Crippen MR) is 60.1 cm³/mol. The molecule has 1 rings (SSSR count). The van der Waals surface area contributed by atoms with Gasteiger partial charge in [-0.05, 0) is 44.1 Å². The molecule has 0 aliphatic heterocycles. The van der Waals surface area contributed by atoms with Crippen molar-refractivity contribution in [3.05, 3.63) is 36.0 Å². The van der Waals surface area contributed by atoms with Crippen LogP contribution in [0.15, 0.2) is 36.0 Å². The topological polar surface area (TPSA) is 17.1 Å². The maximum Gasteiger partial charge on any atom is 0.145 e. The Morgan fingerprint density at radius 3 is 2.50 bits per heavy atom. The maximum absolute atomic E-state index is 10.7. The van der Waals surface area contributed by atoms with Gasteiger partial charge in [-0.2, -0.15) is 0 Å². The zero-order valence-electron chi connectivity index (χ0n) is 8.61. The number of allylic oxidation sites excluding steroid dienone is 6. The summed E-state index contributed by atoms with van der Waals surface area (Å²) in [5.41, 5.74) is 0.948. The van der Waals surface area contributed by atoms with Crippen molar-refractivity contribution in [2.45, 2.75) is 38.5 Å². The third-order valence-corrected chi connectivity index (χ3v) is 2.34. The molecule has 1 nitrogen and oxygen atoms in total. The van der Waals surface area contributed by atoms with Gasteiger partial charge in [0.2, 0.25) is 0 Å². The molecule has 14 heavy (non-hydrogen) atoms. The van der Waals surface area contributed by atoms with Gasteiger partial charge in [0, 0.05) is 0 Å². The van der Waals surface area contributed by atoms with Gasteiger partial charge in [-0.3, -0.25) is 4.79 Å². The van der Waals surface area contributed by atoms with Crippen molar-refractivity contribution in [3.63, 3.8) is 0 Å². The second kappa shape index (κ2) is 7.31. The monoisotopic (exact) mass is 190 g/mol. The standard InChI is InChI=1S/C13H18O/c14-12-13-10-8-6-4-2-1-3-5-7-9-11-13/h2,4-5,7,11-12H,1,3,6,8-10H2/b4-2-,7-5-,13-11-. The predicted octanol–water partition coefficient (Wildman–Crippen LogP) is 3.58. The minimum absolute atomic E-state index is 0.901. The van der Waals surface area contributed by atoms with E-state index in [4.69, 9.17) is 0 Å². The first-order chi connectivity index (χ1) is 6.93. The molecule has 0 aromatic heterocycles.